The average molecular weight is 403 g/mol. The molecule has 5 nitrogen and oxygen atoms in total. The van der Waals surface area contributed by atoms with Crippen molar-refractivity contribution in [3.63, 3.8) is 0 Å². The van der Waals surface area contributed by atoms with Crippen molar-refractivity contribution in [2.75, 3.05) is 0 Å². The predicted molar refractivity (Wildman–Crippen MR) is 110 cm³/mol. The maximum Gasteiger partial charge on any atom is 0.263 e. The zero-order chi connectivity index (χ0) is 19.7. The standard InChI is InChI=1S/C20H23ClN4OS/c1-11(2)22-19(26)18-13(4)23-20(27-18)25-14(5)17(12(3)24-25)10-15-6-8-16(21)9-7-15/h6-9,11H,10H2,1-5H3,(H,22,26). The van der Waals surface area contributed by atoms with Gasteiger partial charge in [0.1, 0.15) is 4.88 Å². The van der Waals surface area contributed by atoms with Crippen molar-refractivity contribution in [2.24, 2.45) is 0 Å². The van der Waals surface area contributed by atoms with Gasteiger partial charge in [-0.25, -0.2) is 9.67 Å². The number of benzene rings is 1. The van der Waals surface area contributed by atoms with Crippen LogP contribution in [0.15, 0.2) is 24.3 Å². The Balaban J connectivity index is 1.92. The average Bonchev–Trinajstić information content (AvgIpc) is 3.11. The van der Waals surface area contributed by atoms with Crippen LogP contribution >= 0.6 is 22.9 Å². The van der Waals surface area contributed by atoms with Gasteiger partial charge in [0, 0.05) is 28.7 Å². The third-order valence-electron chi connectivity index (χ3n) is 4.33. The molecule has 0 atom stereocenters. The molecule has 0 bridgehead atoms. The molecule has 0 spiro atoms. The number of aryl methyl sites for hydroxylation is 2. The third kappa shape index (κ3) is 4.22. The highest BCUT2D eigenvalue weighted by Gasteiger charge is 2.20. The number of halogens is 1. The summed E-state index contributed by atoms with van der Waals surface area (Å²) in [5.74, 6) is -0.0887. The van der Waals surface area contributed by atoms with Gasteiger partial charge in [-0.1, -0.05) is 35.1 Å². The van der Waals surface area contributed by atoms with E-state index in [-0.39, 0.29) is 11.9 Å². The molecule has 0 saturated heterocycles. The Labute approximate surface area is 168 Å². The van der Waals surface area contributed by atoms with E-state index in [0.29, 0.717) is 10.0 Å². The molecule has 2 heterocycles. The van der Waals surface area contributed by atoms with Gasteiger partial charge >= 0.3 is 0 Å². The number of amides is 1. The largest absolute Gasteiger partial charge is 0.349 e. The number of aromatic nitrogens is 3. The molecule has 27 heavy (non-hydrogen) atoms. The minimum Gasteiger partial charge on any atom is -0.349 e. The number of thiazole rings is 1. The van der Waals surface area contributed by atoms with Gasteiger partial charge < -0.3 is 5.32 Å². The molecular formula is C20H23ClN4OS. The molecular weight excluding hydrogens is 380 g/mol. The van der Waals surface area contributed by atoms with E-state index in [1.54, 1.807) is 0 Å². The summed E-state index contributed by atoms with van der Waals surface area (Å²) in [6, 6.07) is 7.94. The quantitative estimate of drug-likeness (QED) is 0.676. The van der Waals surface area contributed by atoms with Crippen LogP contribution in [0.3, 0.4) is 0 Å². The molecule has 142 valence electrons. The lowest BCUT2D eigenvalue weighted by molar-refractivity contribution is 0.0946. The summed E-state index contributed by atoms with van der Waals surface area (Å²) in [7, 11) is 0. The first-order chi connectivity index (χ1) is 12.8. The normalized spacial score (nSPS) is 11.2. The van der Waals surface area contributed by atoms with Crippen LogP contribution < -0.4 is 5.32 Å². The van der Waals surface area contributed by atoms with Crippen molar-refractivity contribution in [3.8, 4) is 5.13 Å². The van der Waals surface area contributed by atoms with Crippen LogP contribution in [0.4, 0.5) is 0 Å². The van der Waals surface area contributed by atoms with Gasteiger partial charge in [0.25, 0.3) is 5.91 Å². The van der Waals surface area contributed by atoms with Crippen molar-refractivity contribution >= 4 is 28.8 Å². The number of hydrogen-bond acceptors (Lipinski definition) is 4. The Morgan fingerprint density at radius 2 is 1.85 bits per heavy atom. The summed E-state index contributed by atoms with van der Waals surface area (Å²) in [5, 5.41) is 9.04. The fourth-order valence-electron chi connectivity index (χ4n) is 2.93. The molecule has 0 aliphatic rings. The zero-order valence-corrected chi connectivity index (χ0v) is 17.7. The van der Waals surface area contributed by atoms with E-state index in [9.17, 15) is 4.79 Å². The number of nitrogens with one attached hydrogen (secondary N) is 1. The van der Waals surface area contributed by atoms with Crippen LogP contribution in [0, 0.1) is 20.8 Å². The van der Waals surface area contributed by atoms with Gasteiger partial charge in [0.15, 0.2) is 0 Å². The number of rotatable bonds is 5. The summed E-state index contributed by atoms with van der Waals surface area (Å²) in [5.41, 5.74) is 5.06. The molecule has 2 aromatic heterocycles. The highest BCUT2D eigenvalue weighted by molar-refractivity contribution is 7.16. The second-order valence-electron chi connectivity index (χ2n) is 6.90. The van der Waals surface area contributed by atoms with Crippen LogP contribution in [0.1, 0.15) is 51.7 Å². The second kappa shape index (κ2) is 7.82. The Hall–Kier alpha value is -2.18. The van der Waals surface area contributed by atoms with E-state index in [1.165, 1.54) is 22.5 Å². The molecule has 1 aromatic carbocycles. The van der Waals surface area contributed by atoms with Crippen molar-refractivity contribution in [1.29, 1.82) is 0 Å². The Morgan fingerprint density at radius 1 is 1.19 bits per heavy atom. The Morgan fingerprint density at radius 3 is 2.48 bits per heavy atom. The van der Waals surface area contributed by atoms with Crippen molar-refractivity contribution in [3.05, 3.63) is 62.4 Å². The third-order valence-corrected chi connectivity index (χ3v) is 5.71. The molecule has 3 rings (SSSR count). The zero-order valence-electron chi connectivity index (χ0n) is 16.1. The SMILES string of the molecule is Cc1nc(-n2nc(C)c(Cc3ccc(Cl)cc3)c2C)sc1C(=O)NC(C)C. The smallest absolute Gasteiger partial charge is 0.263 e. The molecule has 0 unspecified atom stereocenters. The molecule has 1 amide bonds. The van der Waals surface area contributed by atoms with Crippen LogP contribution in [0.2, 0.25) is 5.02 Å². The van der Waals surface area contributed by atoms with Crippen LogP contribution in [-0.2, 0) is 6.42 Å². The van der Waals surface area contributed by atoms with Gasteiger partial charge in [0.05, 0.1) is 11.4 Å². The van der Waals surface area contributed by atoms with Gasteiger partial charge in [-0.05, 0) is 52.3 Å². The van der Waals surface area contributed by atoms with Crippen LogP contribution in [0.5, 0.6) is 0 Å². The first kappa shape index (κ1) is 19.6. The Kier molecular flexibility index (Phi) is 5.67. The number of nitrogens with zero attached hydrogens (tertiary/aromatic N) is 3. The minimum absolute atomic E-state index is 0.0853. The Bertz CT molecular complexity index is 973. The van der Waals surface area contributed by atoms with Crippen molar-refractivity contribution in [2.45, 2.75) is 47.1 Å². The van der Waals surface area contributed by atoms with Crippen LogP contribution in [0.25, 0.3) is 5.13 Å². The van der Waals surface area contributed by atoms with Crippen molar-refractivity contribution < 1.29 is 4.79 Å². The van der Waals surface area contributed by atoms with Gasteiger partial charge in [-0.15, -0.1) is 0 Å². The topological polar surface area (TPSA) is 59.8 Å². The summed E-state index contributed by atoms with van der Waals surface area (Å²) < 4.78 is 1.84. The molecule has 0 radical (unpaired) electrons. The maximum atomic E-state index is 12.4. The molecule has 0 saturated carbocycles. The maximum absolute atomic E-state index is 12.4. The summed E-state index contributed by atoms with van der Waals surface area (Å²) in [6.07, 6.45) is 0.778. The van der Waals surface area contributed by atoms with E-state index in [1.807, 2.05) is 63.6 Å². The fraction of sp³-hybridized carbons (Fsp3) is 0.350. The van der Waals surface area contributed by atoms with E-state index in [0.717, 1.165) is 28.5 Å². The highest BCUT2D eigenvalue weighted by atomic mass is 35.5. The summed E-state index contributed by atoms with van der Waals surface area (Å²) in [6.45, 7) is 9.78. The molecule has 0 aliphatic carbocycles. The molecule has 0 fully saturated rings. The number of carbonyl (C=O) groups excluding carboxylic acids is 1. The number of hydrogen-bond donors (Lipinski definition) is 1. The number of carbonyl (C=O) groups is 1. The minimum atomic E-state index is -0.0887. The van der Waals surface area contributed by atoms with Gasteiger partial charge in [-0.2, -0.15) is 5.10 Å². The molecule has 1 N–H and O–H groups in total. The van der Waals surface area contributed by atoms with Gasteiger partial charge in [-0.3, -0.25) is 4.79 Å². The first-order valence-corrected chi connectivity index (χ1v) is 10.0. The highest BCUT2D eigenvalue weighted by Crippen LogP contribution is 2.26. The monoisotopic (exact) mass is 402 g/mol. The van der Waals surface area contributed by atoms with E-state index in [4.69, 9.17) is 11.6 Å². The van der Waals surface area contributed by atoms with E-state index < -0.39 is 0 Å². The predicted octanol–water partition coefficient (Wildman–Crippen LogP) is 4.64. The molecule has 7 heteroatoms. The van der Waals surface area contributed by atoms with E-state index >= 15 is 0 Å². The summed E-state index contributed by atoms with van der Waals surface area (Å²) in [4.78, 5) is 17.6. The fourth-order valence-corrected chi connectivity index (χ4v) is 4.03. The van der Waals surface area contributed by atoms with Gasteiger partial charge in [0.2, 0.25) is 5.13 Å². The summed E-state index contributed by atoms with van der Waals surface area (Å²) >= 11 is 7.35. The molecule has 0 aliphatic heterocycles. The van der Waals surface area contributed by atoms with Crippen LogP contribution in [-0.4, -0.2) is 26.7 Å². The van der Waals surface area contributed by atoms with Crippen molar-refractivity contribution in [1.82, 2.24) is 20.1 Å². The molecule has 3 aromatic rings. The van der Waals surface area contributed by atoms with E-state index in [2.05, 4.69) is 15.4 Å². The first-order valence-electron chi connectivity index (χ1n) is 8.84. The lowest BCUT2D eigenvalue weighted by atomic mass is 10.0. The lowest BCUT2D eigenvalue weighted by Gasteiger charge is -2.06. The second-order valence-corrected chi connectivity index (χ2v) is 8.32. The lowest BCUT2D eigenvalue weighted by Crippen LogP contribution is -2.29.